The number of thiophene rings is 1. The minimum absolute atomic E-state index is 0.357. The second-order valence-electron chi connectivity index (χ2n) is 10.8. The summed E-state index contributed by atoms with van der Waals surface area (Å²) in [6.07, 6.45) is 0. The van der Waals surface area contributed by atoms with Gasteiger partial charge in [0.05, 0.1) is 44.6 Å². The highest BCUT2D eigenvalue weighted by molar-refractivity contribution is 7.26. The van der Waals surface area contributed by atoms with Gasteiger partial charge in [-0.3, -0.25) is 0 Å². The summed E-state index contributed by atoms with van der Waals surface area (Å²) < 4.78 is 7.02. The average Bonchev–Trinajstić information content (AvgIpc) is 3.72. The number of aromatic nitrogens is 2. The van der Waals surface area contributed by atoms with E-state index >= 15 is 0 Å². The highest BCUT2D eigenvalue weighted by atomic mass is 32.1. The Bertz CT molecular complexity index is 2650. The van der Waals surface area contributed by atoms with Crippen LogP contribution in [0.2, 0.25) is 0 Å². The molecule has 43 heavy (non-hydrogen) atoms. The summed E-state index contributed by atoms with van der Waals surface area (Å²) in [6, 6.07) is 46.6. The zero-order valence-electron chi connectivity index (χ0n) is 22.7. The Morgan fingerprint density at radius 3 is 1.56 bits per heavy atom. The van der Waals surface area contributed by atoms with Gasteiger partial charge in [0.2, 0.25) is 0 Å². The molecule has 0 unspecified atom stereocenters. The second kappa shape index (κ2) is 8.81. The summed E-state index contributed by atoms with van der Waals surface area (Å²) in [7, 11) is 0. The van der Waals surface area contributed by atoms with Crippen LogP contribution in [0.4, 0.5) is 0 Å². The molecule has 0 spiro atoms. The highest BCUT2D eigenvalue weighted by Gasteiger charge is 2.23. The molecule has 0 fully saturated rings. The number of hydrogen-bond donors (Lipinski definition) is 0. The van der Waals surface area contributed by atoms with Crippen LogP contribution in [0.5, 0.6) is 0 Å². The van der Waals surface area contributed by atoms with Gasteiger partial charge in [-0.05, 0) is 42.5 Å². The summed E-state index contributed by atoms with van der Waals surface area (Å²) in [5, 5.41) is 27.4. The average molecular weight is 565 g/mol. The lowest BCUT2D eigenvalue weighted by Gasteiger charge is -2.18. The van der Waals surface area contributed by atoms with E-state index in [1.54, 1.807) is 0 Å². The Balaban J connectivity index is 1.49. The Kier molecular flexibility index (Phi) is 4.87. The third-order valence-electron chi connectivity index (χ3n) is 8.60. The van der Waals surface area contributed by atoms with Crippen LogP contribution in [0.25, 0.3) is 75.2 Å². The van der Waals surface area contributed by atoms with E-state index in [4.69, 9.17) is 0 Å². The fourth-order valence-electron chi connectivity index (χ4n) is 6.80. The first-order valence-electron chi connectivity index (χ1n) is 14.1. The van der Waals surface area contributed by atoms with Crippen molar-refractivity contribution in [3.05, 3.63) is 132 Å². The van der Waals surface area contributed by atoms with E-state index in [9.17, 15) is 10.5 Å². The van der Waals surface area contributed by atoms with Gasteiger partial charge >= 0.3 is 0 Å². The Morgan fingerprint density at radius 2 is 0.953 bits per heavy atom. The molecule has 9 aromatic rings. The Morgan fingerprint density at radius 1 is 0.465 bits per heavy atom. The monoisotopic (exact) mass is 564 g/mol. The first-order valence-corrected chi connectivity index (χ1v) is 14.9. The molecule has 198 valence electrons. The predicted octanol–water partition coefficient (Wildman–Crippen LogP) is 9.99. The van der Waals surface area contributed by atoms with E-state index in [-0.39, 0.29) is 0 Å². The molecule has 3 heterocycles. The summed E-state index contributed by atoms with van der Waals surface area (Å²) >= 11 is 1.82. The lowest BCUT2D eigenvalue weighted by Crippen LogP contribution is -2.05. The standard InChI is InChI=1S/C38H20N4S/c39-21-23-19-34(41-30-13-5-1-9-25(30)26-10-2-6-14-31(26)41)35(20-24(23)22-40)42-32-15-7-3-12-29(32)37-33(42)18-17-28-27-11-4-8-16-36(27)43-38(28)37/h1-20H. The zero-order valence-corrected chi connectivity index (χ0v) is 23.6. The van der Waals surface area contributed by atoms with E-state index in [1.807, 2.05) is 35.6 Å². The van der Waals surface area contributed by atoms with E-state index < -0.39 is 0 Å². The lowest BCUT2D eigenvalue weighted by molar-refractivity contribution is 1.09. The highest BCUT2D eigenvalue weighted by Crippen LogP contribution is 2.44. The molecule has 0 radical (unpaired) electrons. The van der Waals surface area contributed by atoms with Crippen LogP contribution < -0.4 is 0 Å². The maximum atomic E-state index is 10.2. The molecule has 0 aliphatic heterocycles. The van der Waals surface area contributed by atoms with E-state index in [1.165, 1.54) is 25.6 Å². The summed E-state index contributed by atoms with van der Waals surface area (Å²) in [5.74, 6) is 0. The van der Waals surface area contributed by atoms with Gasteiger partial charge in [0, 0.05) is 41.7 Å². The van der Waals surface area contributed by atoms with E-state index in [0.29, 0.717) is 11.1 Å². The molecule has 9 rings (SSSR count). The van der Waals surface area contributed by atoms with Crippen molar-refractivity contribution in [1.29, 1.82) is 10.5 Å². The number of nitriles is 2. The van der Waals surface area contributed by atoms with Crippen LogP contribution in [0.1, 0.15) is 11.1 Å². The number of rotatable bonds is 2. The third-order valence-corrected chi connectivity index (χ3v) is 9.80. The van der Waals surface area contributed by atoms with Gasteiger partial charge in [-0.1, -0.05) is 78.9 Å². The SMILES string of the molecule is N#Cc1cc(-n2c3ccccc3c3ccccc32)c(-n2c3ccccc3c3c4sc5ccccc5c4ccc32)cc1C#N. The van der Waals surface area contributed by atoms with Crippen molar-refractivity contribution in [3.8, 4) is 23.5 Å². The van der Waals surface area contributed by atoms with Crippen molar-refractivity contribution in [3.63, 3.8) is 0 Å². The quantitative estimate of drug-likeness (QED) is 0.210. The molecular weight excluding hydrogens is 545 g/mol. The Labute approximate surface area is 250 Å². The van der Waals surface area contributed by atoms with Gasteiger partial charge in [-0.2, -0.15) is 10.5 Å². The van der Waals surface area contributed by atoms with Gasteiger partial charge in [0.25, 0.3) is 0 Å². The van der Waals surface area contributed by atoms with Crippen LogP contribution in [0, 0.1) is 22.7 Å². The van der Waals surface area contributed by atoms with Crippen LogP contribution in [-0.4, -0.2) is 9.13 Å². The first-order chi connectivity index (χ1) is 21.3. The lowest BCUT2D eigenvalue weighted by atomic mass is 10.1. The number of fused-ring (bicyclic) bond motifs is 10. The molecule has 0 N–H and O–H groups in total. The minimum atomic E-state index is 0.357. The molecule has 5 heteroatoms. The predicted molar refractivity (Wildman–Crippen MR) is 177 cm³/mol. The molecule has 0 aliphatic carbocycles. The van der Waals surface area contributed by atoms with Crippen LogP contribution >= 0.6 is 11.3 Å². The number of benzene rings is 6. The van der Waals surface area contributed by atoms with Gasteiger partial charge in [0.1, 0.15) is 12.1 Å². The van der Waals surface area contributed by atoms with Crippen molar-refractivity contribution >= 4 is 75.1 Å². The molecule has 6 aromatic carbocycles. The normalized spacial score (nSPS) is 11.7. The molecule has 0 amide bonds. The topological polar surface area (TPSA) is 57.4 Å². The van der Waals surface area contributed by atoms with Crippen molar-refractivity contribution in [2.75, 3.05) is 0 Å². The molecular formula is C38H20N4S. The molecule has 0 saturated carbocycles. The molecule has 0 bridgehead atoms. The fourth-order valence-corrected chi connectivity index (χ4v) is 8.06. The van der Waals surface area contributed by atoms with Crippen molar-refractivity contribution in [1.82, 2.24) is 9.13 Å². The van der Waals surface area contributed by atoms with Gasteiger partial charge < -0.3 is 9.13 Å². The number of nitrogens with zero attached hydrogens (tertiary/aromatic N) is 4. The van der Waals surface area contributed by atoms with E-state index in [0.717, 1.165) is 49.6 Å². The second-order valence-corrected chi connectivity index (χ2v) is 11.8. The number of para-hydroxylation sites is 3. The van der Waals surface area contributed by atoms with Gasteiger partial charge in [-0.25, -0.2) is 0 Å². The maximum Gasteiger partial charge on any atom is 0.101 e. The molecule has 0 aliphatic rings. The first kappa shape index (κ1) is 23.8. The zero-order chi connectivity index (χ0) is 28.7. The van der Waals surface area contributed by atoms with Crippen molar-refractivity contribution in [2.24, 2.45) is 0 Å². The molecule has 0 saturated heterocycles. The van der Waals surface area contributed by atoms with Gasteiger partial charge in [-0.15, -0.1) is 11.3 Å². The molecule has 3 aromatic heterocycles. The Hall–Kier alpha value is -5.88. The smallest absolute Gasteiger partial charge is 0.101 e. The van der Waals surface area contributed by atoms with Crippen LogP contribution in [0.15, 0.2) is 121 Å². The van der Waals surface area contributed by atoms with E-state index in [2.05, 4.69) is 118 Å². The van der Waals surface area contributed by atoms with Gasteiger partial charge in [0.15, 0.2) is 0 Å². The maximum absolute atomic E-state index is 10.2. The van der Waals surface area contributed by atoms with Crippen LogP contribution in [0.3, 0.4) is 0 Å². The van der Waals surface area contributed by atoms with Crippen LogP contribution in [-0.2, 0) is 0 Å². The molecule has 0 atom stereocenters. The third kappa shape index (κ3) is 3.17. The minimum Gasteiger partial charge on any atom is -0.307 e. The fraction of sp³-hybridized carbons (Fsp3) is 0. The summed E-state index contributed by atoms with van der Waals surface area (Å²) in [6.45, 7) is 0. The van der Waals surface area contributed by atoms with Crippen molar-refractivity contribution in [2.45, 2.75) is 0 Å². The summed E-state index contributed by atoms with van der Waals surface area (Å²) in [5.41, 5.74) is 6.64. The number of hydrogen-bond acceptors (Lipinski definition) is 3. The summed E-state index contributed by atoms with van der Waals surface area (Å²) in [4.78, 5) is 0. The largest absolute Gasteiger partial charge is 0.307 e. The van der Waals surface area contributed by atoms with Crippen molar-refractivity contribution < 1.29 is 0 Å². The molecule has 4 nitrogen and oxygen atoms in total.